The predicted molar refractivity (Wildman–Crippen MR) is 73.3 cm³/mol. The monoisotopic (exact) mass is 260 g/mol. The van der Waals surface area contributed by atoms with E-state index in [2.05, 4.69) is 24.8 Å². The van der Waals surface area contributed by atoms with Crippen LogP contribution < -0.4 is 9.47 Å². The van der Waals surface area contributed by atoms with E-state index in [1.165, 1.54) is 0 Å². The lowest BCUT2D eigenvalue weighted by Gasteiger charge is -2.26. The lowest BCUT2D eigenvalue weighted by atomic mass is 10.0. The summed E-state index contributed by atoms with van der Waals surface area (Å²) >= 11 is 0. The van der Waals surface area contributed by atoms with Crippen LogP contribution in [-0.4, -0.2) is 31.7 Å². The molecular weight excluding hydrogens is 240 g/mol. The van der Waals surface area contributed by atoms with Gasteiger partial charge in [-0.2, -0.15) is 5.26 Å². The van der Waals surface area contributed by atoms with E-state index in [1.54, 1.807) is 0 Å². The van der Waals surface area contributed by atoms with Gasteiger partial charge in [-0.15, -0.1) is 0 Å². The molecule has 0 radical (unpaired) electrons. The molecule has 1 aliphatic rings. The number of benzene rings is 1. The second kappa shape index (κ2) is 5.94. The molecule has 2 rings (SSSR count). The SMILES string of the molecule is CC(C)CN(C)C(C#N)c1ccc2c(c1)OCCO2. The molecule has 19 heavy (non-hydrogen) atoms. The number of nitriles is 1. The van der Waals surface area contributed by atoms with E-state index in [9.17, 15) is 5.26 Å². The van der Waals surface area contributed by atoms with Gasteiger partial charge in [0.15, 0.2) is 11.5 Å². The van der Waals surface area contributed by atoms with Crippen molar-refractivity contribution in [1.82, 2.24) is 4.90 Å². The Morgan fingerprint density at radius 1 is 1.26 bits per heavy atom. The molecule has 0 spiro atoms. The molecule has 0 saturated heterocycles. The number of nitrogens with zero attached hydrogens (tertiary/aromatic N) is 2. The Morgan fingerprint density at radius 2 is 1.95 bits per heavy atom. The largest absolute Gasteiger partial charge is 0.486 e. The van der Waals surface area contributed by atoms with Crippen molar-refractivity contribution in [1.29, 1.82) is 5.26 Å². The normalized spacial score (nSPS) is 15.4. The molecule has 0 fully saturated rings. The van der Waals surface area contributed by atoms with Crippen LogP contribution >= 0.6 is 0 Å². The van der Waals surface area contributed by atoms with Gasteiger partial charge in [-0.05, 0) is 30.7 Å². The molecule has 0 amide bonds. The van der Waals surface area contributed by atoms with Crippen LogP contribution in [0.3, 0.4) is 0 Å². The molecule has 1 unspecified atom stereocenters. The van der Waals surface area contributed by atoms with Crippen LogP contribution in [0.25, 0.3) is 0 Å². The van der Waals surface area contributed by atoms with E-state index >= 15 is 0 Å². The third kappa shape index (κ3) is 3.18. The Bertz CT molecular complexity index is 480. The third-order valence-corrected chi connectivity index (χ3v) is 3.10. The van der Waals surface area contributed by atoms with Crippen molar-refractivity contribution in [2.24, 2.45) is 5.92 Å². The molecule has 1 aromatic rings. The highest BCUT2D eigenvalue weighted by molar-refractivity contribution is 5.45. The molecule has 0 aromatic heterocycles. The van der Waals surface area contributed by atoms with Gasteiger partial charge in [0.2, 0.25) is 0 Å². The summed E-state index contributed by atoms with van der Waals surface area (Å²) in [5.74, 6) is 2.03. The van der Waals surface area contributed by atoms with Crippen LogP contribution in [0.5, 0.6) is 11.5 Å². The van der Waals surface area contributed by atoms with Crippen molar-refractivity contribution in [3.8, 4) is 17.6 Å². The Hall–Kier alpha value is -1.73. The molecule has 0 bridgehead atoms. The van der Waals surface area contributed by atoms with Crippen LogP contribution in [0.1, 0.15) is 25.5 Å². The second-order valence-electron chi connectivity index (χ2n) is 5.27. The highest BCUT2D eigenvalue weighted by atomic mass is 16.6. The van der Waals surface area contributed by atoms with Crippen molar-refractivity contribution < 1.29 is 9.47 Å². The molecule has 102 valence electrons. The van der Waals surface area contributed by atoms with Crippen molar-refractivity contribution >= 4 is 0 Å². The van der Waals surface area contributed by atoms with Crippen LogP contribution in [0.15, 0.2) is 18.2 Å². The van der Waals surface area contributed by atoms with Gasteiger partial charge in [0.05, 0.1) is 6.07 Å². The first-order valence-corrected chi connectivity index (χ1v) is 6.61. The van der Waals surface area contributed by atoms with Crippen LogP contribution in [0, 0.1) is 17.2 Å². The van der Waals surface area contributed by atoms with Gasteiger partial charge in [0, 0.05) is 6.54 Å². The fourth-order valence-corrected chi connectivity index (χ4v) is 2.34. The fraction of sp³-hybridized carbons (Fsp3) is 0.533. The molecule has 0 N–H and O–H groups in total. The van der Waals surface area contributed by atoms with E-state index in [0.717, 1.165) is 23.6 Å². The summed E-state index contributed by atoms with van der Waals surface area (Å²) in [6, 6.07) is 7.85. The summed E-state index contributed by atoms with van der Waals surface area (Å²) in [5.41, 5.74) is 0.954. The van der Waals surface area contributed by atoms with Gasteiger partial charge in [0.25, 0.3) is 0 Å². The van der Waals surface area contributed by atoms with Gasteiger partial charge in [0.1, 0.15) is 19.3 Å². The van der Waals surface area contributed by atoms with Gasteiger partial charge < -0.3 is 9.47 Å². The molecule has 0 saturated carbocycles. The number of fused-ring (bicyclic) bond motifs is 1. The number of hydrogen-bond donors (Lipinski definition) is 0. The van der Waals surface area contributed by atoms with E-state index in [-0.39, 0.29) is 6.04 Å². The lowest BCUT2D eigenvalue weighted by Crippen LogP contribution is -2.27. The molecule has 1 aliphatic heterocycles. The Balaban J connectivity index is 2.21. The first-order valence-electron chi connectivity index (χ1n) is 6.61. The highest BCUT2D eigenvalue weighted by Crippen LogP contribution is 2.33. The van der Waals surface area contributed by atoms with E-state index in [1.807, 2.05) is 25.2 Å². The average molecular weight is 260 g/mol. The molecular formula is C15H20N2O2. The van der Waals surface area contributed by atoms with Gasteiger partial charge in [-0.1, -0.05) is 19.9 Å². The summed E-state index contributed by atoms with van der Waals surface area (Å²) in [4.78, 5) is 2.07. The highest BCUT2D eigenvalue weighted by Gasteiger charge is 2.20. The fourth-order valence-electron chi connectivity index (χ4n) is 2.34. The van der Waals surface area contributed by atoms with Crippen LogP contribution in [0.4, 0.5) is 0 Å². The minimum atomic E-state index is -0.252. The van der Waals surface area contributed by atoms with Crippen molar-refractivity contribution in [2.75, 3.05) is 26.8 Å². The smallest absolute Gasteiger partial charge is 0.161 e. The summed E-state index contributed by atoms with van der Waals surface area (Å²) in [6.45, 7) is 6.33. The maximum Gasteiger partial charge on any atom is 0.161 e. The van der Waals surface area contributed by atoms with Gasteiger partial charge in [-0.3, -0.25) is 4.90 Å². The average Bonchev–Trinajstić information content (AvgIpc) is 2.38. The quantitative estimate of drug-likeness (QED) is 0.834. The van der Waals surface area contributed by atoms with Crippen molar-refractivity contribution in [3.05, 3.63) is 23.8 Å². The van der Waals surface area contributed by atoms with Crippen molar-refractivity contribution in [2.45, 2.75) is 19.9 Å². The number of rotatable bonds is 4. The summed E-state index contributed by atoms with van der Waals surface area (Å²) in [6.07, 6.45) is 0. The van der Waals surface area contributed by atoms with E-state index in [4.69, 9.17) is 9.47 Å². The van der Waals surface area contributed by atoms with E-state index in [0.29, 0.717) is 19.1 Å². The Labute approximate surface area is 114 Å². The van der Waals surface area contributed by atoms with Gasteiger partial charge >= 0.3 is 0 Å². The first-order chi connectivity index (χ1) is 9.11. The summed E-state index contributed by atoms with van der Waals surface area (Å²) in [7, 11) is 1.98. The minimum absolute atomic E-state index is 0.252. The van der Waals surface area contributed by atoms with Gasteiger partial charge in [-0.25, -0.2) is 0 Å². The maximum atomic E-state index is 9.40. The molecule has 1 heterocycles. The van der Waals surface area contributed by atoms with Crippen LogP contribution in [-0.2, 0) is 0 Å². The molecule has 1 aromatic carbocycles. The van der Waals surface area contributed by atoms with Crippen molar-refractivity contribution in [3.63, 3.8) is 0 Å². The minimum Gasteiger partial charge on any atom is -0.486 e. The second-order valence-corrected chi connectivity index (χ2v) is 5.27. The lowest BCUT2D eigenvalue weighted by molar-refractivity contribution is 0.171. The van der Waals surface area contributed by atoms with E-state index < -0.39 is 0 Å². The Morgan fingerprint density at radius 3 is 2.58 bits per heavy atom. The summed E-state index contributed by atoms with van der Waals surface area (Å²) < 4.78 is 11.1. The molecule has 4 heteroatoms. The topological polar surface area (TPSA) is 45.5 Å². The Kier molecular flexibility index (Phi) is 4.28. The third-order valence-electron chi connectivity index (χ3n) is 3.10. The standard InChI is InChI=1S/C15H20N2O2/c1-11(2)10-17(3)13(9-16)12-4-5-14-15(8-12)19-7-6-18-14/h4-5,8,11,13H,6-7,10H2,1-3H3. The molecule has 1 atom stereocenters. The predicted octanol–water partition coefficient (Wildman–Crippen LogP) is 2.61. The zero-order chi connectivity index (χ0) is 13.8. The number of hydrogen-bond acceptors (Lipinski definition) is 4. The molecule has 4 nitrogen and oxygen atoms in total. The zero-order valence-electron chi connectivity index (χ0n) is 11.7. The number of ether oxygens (including phenoxy) is 2. The molecule has 0 aliphatic carbocycles. The zero-order valence-corrected chi connectivity index (χ0v) is 11.7. The first kappa shape index (κ1) is 13.7. The van der Waals surface area contributed by atoms with Crippen LogP contribution in [0.2, 0.25) is 0 Å². The summed E-state index contributed by atoms with van der Waals surface area (Å²) in [5, 5.41) is 9.40. The maximum absolute atomic E-state index is 9.40.